The lowest BCUT2D eigenvalue weighted by atomic mass is 10.0. The van der Waals surface area contributed by atoms with Gasteiger partial charge >= 0.3 is 17.9 Å². The van der Waals surface area contributed by atoms with E-state index in [4.69, 9.17) is 14.2 Å². The Labute approximate surface area is 418 Å². The second-order valence-corrected chi connectivity index (χ2v) is 21.0. The van der Waals surface area contributed by atoms with E-state index in [1.807, 2.05) is 0 Å². The number of hydrogen-bond acceptors (Lipinski definition) is 6. The Morgan fingerprint density at radius 3 is 0.597 bits per heavy atom. The Kier molecular flexibility index (Phi) is 55.6. The Morgan fingerprint density at radius 1 is 0.239 bits per heavy atom. The lowest BCUT2D eigenvalue weighted by molar-refractivity contribution is -0.167. The second kappa shape index (κ2) is 57.0. The van der Waals surface area contributed by atoms with Crippen LogP contribution in [-0.4, -0.2) is 37.2 Å². The van der Waals surface area contributed by atoms with Crippen molar-refractivity contribution >= 4 is 17.9 Å². The average Bonchev–Trinajstić information content (AvgIpc) is 3.33. The average molecular weight is 948 g/mol. The van der Waals surface area contributed by atoms with Crippen LogP contribution in [0.3, 0.4) is 0 Å². The molecule has 0 aliphatic rings. The SMILES string of the molecule is CCCCCCCCCCCCCCCCCCCCC(=O)O[C@H](COC(=O)CCCCCCCCCCCCCCCC)COC(=O)CCCCCCCCCCCCCCCCCCC. The fourth-order valence-electron chi connectivity index (χ4n) is 9.51. The van der Waals surface area contributed by atoms with Crippen LogP contribution in [0, 0.1) is 0 Å². The molecule has 0 bridgehead atoms. The van der Waals surface area contributed by atoms with Gasteiger partial charge in [-0.1, -0.05) is 316 Å². The van der Waals surface area contributed by atoms with Gasteiger partial charge in [-0.15, -0.1) is 0 Å². The fourth-order valence-corrected chi connectivity index (χ4v) is 9.51. The van der Waals surface area contributed by atoms with Gasteiger partial charge in [-0.05, 0) is 19.3 Å². The molecule has 6 heteroatoms. The number of rotatable bonds is 57. The van der Waals surface area contributed by atoms with Gasteiger partial charge in [-0.3, -0.25) is 14.4 Å². The first kappa shape index (κ1) is 65.4. The summed E-state index contributed by atoms with van der Waals surface area (Å²) in [5.41, 5.74) is 0. The van der Waals surface area contributed by atoms with Crippen molar-refractivity contribution in [2.75, 3.05) is 13.2 Å². The molecule has 0 saturated heterocycles. The summed E-state index contributed by atoms with van der Waals surface area (Å²) in [7, 11) is 0. The van der Waals surface area contributed by atoms with Gasteiger partial charge in [0.15, 0.2) is 6.10 Å². The zero-order valence-corrected chi connectivity index (χ0v) is 45.7. The number of esters is 3. The highest BCUT2D eigenvalue weighted by Gasteiger charge is 2.19. The van der Waals surface area contributed by atoms with Gasteiger partial charge in [0.2, 0.25) is 0 Å². The quantitative estimate of drug-likeness (QED) is 0.0343. The molecule has 398 valence electrons. The van der Waals surface area contributed by atoms with Crippen LogP contribution in [0.2, 0.25) is 0 Å². The lowest BCUT2D eigenvalue weighted by Crippen LogP contribution is -2.30. The van der Waals surface area contributed by atoms with Crippen LogP contribution in [0.4, 0.5) is 0 Å². The number of unbranched alkanes of at least 4 members (excludes halogenated alkanes) is 46. The van der Waals surface area contributed by atoms with Crippen molar-refractivity contribution in [3.63, 3.8) is 0 Å². The highest BCUT2D eigenvalue weighted by molar-refractivity contribution is 5.71. The first-order chi connectivity index (χ1) is 33.0. The molecule has 0 amide bonds. The van der Waals surface area contributed by atoms with Crippen molar-refractivity contribution < 1.29 is 28.6 Å². The third-order valence-electron chi connectivity index (χ3n) is 14.1. The molecular weight excluding hydrogens is 829 g/mol. The zero-order valence-electron chi connectivity index (χ0n) is 45.7. The van der Waals surface area contributed by atoms with E-state index >= 15 is 0 Å². The molecule has 0 N–H and O–H groups in total. The van der Waals surface area contributed by atoms with E-state index in [1.165, 1.54) is 257 Å². The molecule has 1 atom stereocenters. The van der Waals surface area contributed by atoms with E-state index < -0.39 is 6.10 Å². The van der Waals surface area contributed by atoms with Gasteiger partial charge < -0.3 is 14.2 Å². The van der Waals surface area contributed by atoms with Gasteiger partial charge in [-0.25, -0.2) is 0 Å². The molecule has 0 aromatic heterocycles. The Hall–Kier alpha value is -1.59. The van der Waals surface area contributed by atoms with Crippen LogP contribution in [-0.2, 0) is 28.6 Å². The number of hydrogen-bond donors (Lipinski definition) is 0. The maximum atomic E-state index is 12.9. The number of carbonyl (C=O) groups is 3. The van der Waals surface area contributed by atoms with E-state index in [2.05, 4.69) is 20.8 Å². The van der Waals surface area contributed by atoms with Crippen molar-refractivity contribution in [1.29, 1.82) is 0 Å². The van der Waals surface area contributed by atoms with E-state index in [1.54, 1.807) is 0 Å². The lowest BCUT2D eigenvalue weighted by Gasteiger charge is -2.18. The molecule has 0 aromatic rings. The summed E-state index contributed by atoms with van der Waals surface area (Å²) in [5, 5.41) is 0. The van der Waals surface area contributed by atoms with E-state index in [9.17, 15) is 14.4 Å². The Balaban J connectivity index is 4.28. The monoisotopic (exact) mass is 947 g/mol. The van der Waals surface area contributed by atoms with Crippen LogP contribution in [0.15, 0.2) is 0 Å². The maximum Gasteiger partial charge on any atom is 0.306 e. The molecule has 0 rings (SSSR count). The number of ether oxygens (including phenoxy) is 3. The molecule has 0 aliphatic heterocycles. The molecule has 0 spiro atoms. The molecule has 67 heavy (non-hydrogen) atoms. The Bertz CT molecular complexity index is 998. The van der Waals surface area contributed by atoms with Gasteiger partial charge in [0.05, 0.1) is 0 Å². The van der Waals surface area contributed by atoms with Crippen LogP contribution in [0.5, 0.6) is 0 Å². The summed E-state index contributed by atoms with van der Waals surface area (Å²) >= 11 is 0. The summed E-state index contributed by atoms with van der Waals surface area (Å²) in [6.45, 7) is 6.72. The molecule has 0 heterocycles. The summed E-state index contributed by atoms with van der Waals surface area (Å²) in [4.78, 5) is 38.2. The molecule has 0 aromatic carbocycles. The molecule has 0 fully saturated rings. The minimum absolute atomic E-state index is 0.0607. The number of carbonyl (C=O) groups excluding carboxylic acids is 3. The smallest absolute Gasteiger partial charge is 0.306 e. The van der Waals surface area contributed by atoms with Crippen molar-refractivity contribution in [2.45, 2.75) is 361 Å². The van der Waals surface area contributed by atoms with Crippen molar-refractivity contribution in [3.8, 4) is 0 Å². The van der Waals surface area contributed by atoms with Crippen molar-refractivity contribution in [2.24, 2.45) is 0 Å². The first-order valence-electron chi connectivity index (χ1n) is 30.5. The standard InChI is InChI=1S/C61H118O6/c1-4-7-10-13-16-19-22-25-28-30-32-34-37-40-43-46-49-52-55-61(64)67-58(56-65-59(62)53-50-47-44-41-38-35-27-24-21-18-15-12-9-6-3)57-66-60(63)54-51-48-45-42-39-36-33-31-29-26-23-20-17-14-11-8-5-2/h58H,4-57H2,1-3H3/t58-/m1/s1. The van der Waals surface area contributed by atoms with Crippen molar-refractivity contribution in [3.05, 3.63) is 0 Å². The molecule has 6 nitrogen and oxygen atoms in total. The predicted octanol–water partition coefficient (Wildman–Crippen LogP) is 20.3. The first-order valence-corrected chi connectivity index (χ1v) is 30.5. The van der Waals surface area contributed by atoms with Crippen LogP contribution in [0.1, 0.15) is 355 Å². The molecule has 0 saturated carbocycles. The largest absolute Gasteiger partial charge is 0.462 e. The van der Waals surface area contributed by atoms with Gasteiger partial charge in [-0.2, -0.15) is 0 Å². The highest BCUT2D eigenvalue weighted by atomic mass is 16.6. The molecule has 0 aliphatic carbocycles. The van der Waals surface area contributed by atoms with Crippen LogP contribution >= 0.6 is 0 Å². The topological polar surface area (TPSA) is 78.9 Å². The summed E-state index contributed by atoms with van der Waals surface area (Å²) in [6, 6.07) is 0. The second-order valence-electron chi connectivity index (χ2n) is 21.0. The normalized spacial score (nSPS) is 11.9. The van der Waals surface area contributed by atoms with Gasteiger partial charge in [0, 0.05) is 19.3 Å². The molecular formula is C61H118O6. The van der Waals surface area contributed by atoms with E-state index in [-0.39, 0.29) is 31.1 Å². The molecule has 0 radical (unpaired) electrons. The zero-order chi connectivity index (χ0) is 48.6. The third kappa shape index (κ3) is 55.2. The minimum atomic E-state index is -0.761. The summed E-state index contributed by atoms with van der Waals surface area (Å²) in [5.74, 6) is -0.828. The summed E-state index contributed by atoms with van der Waals surface area (Å²) in [6.07, 6.45) is 63.8. The van der Waals surface area contributed by atoms with Crippen LogP contribution < -0.4 is 0 Å². The predicted molar refractivity (Wildman–Crippen MR) is 289 cm³/mol. The van der Waals surface area contributed by atoms with Crippen LogP contribution in [0.25, 0.3) is 0 Å². The summed E-state index contributed by atoms with van der Waals surface area (Å²) < 4.78 is 16.9. The minimum Gasteiger partial charge on any atom is -0.462 e. The highest BCUT2D eigenvalue weighted by Crippen LogP contribution is 2.18. The van der Waals surface area contributed by atoms with E-state index in [0.717, 1.165) is 57.8 Å². The fraction of sp³-hybridized carbons (Fsp3) is 0.951. The van der Waals surface area contributed by atoms with Crippen molar-refractivity contribution in [1.82, 2.24) is 0 Å². The van der Waals surface area contributed by atoms with Gasteiger partial charge in [0.1, 0.15) is 13.2 Å². The third-order valence-corrected chi connectivity index (χ3v) is 14.1. The maximum absolute atomic E-state index is 12.9. The molecule has 0 unspecified atom stereocenters. The Morgan fingerprint density at radius 2 is 0.403 bits per heavy atom. The van der Waals surface area contributed by atoms with Gasteiger partial charge in [0.25, 0.3) is 0 Å². The van der Waals surface area contributed by atoms with E-state index in [0.29, 0.717) is 19.3 Å².